The number of alkyl halides is 2. The molecular formula is C20H19F2N3O6S. The van der Waals surface area contributed by atoms with Crippen LogP contribution in [0.1, 0.15) is 27.4 Å². The maximum atomic E-state index is 12.6. The molecule has 170 valence electrons. The van der Waals surface area contributed by atoms with Crippen molar-refractivity contribution in [3.63, 3.8) is 0 Å². The average molecular weight is 467 g/mol. The molecule has 0 radical (unpaired) electrons. The second kappa shape index (κ2) is 9.81. The molecule has 0 bridgehead atoms. The second-order valence-electron chi connectivity index (χ2n) is 6.58. The summed E-state index contributed by atoms with van der Waals surface area (Å²) in [6, 6.07) is 4.15. The molecular weight excluding hydrogens is 448 g/mol. The van der Waals surface area contributed by atoms with E-state index >= 15 is 0 Å². The number of nitrogens with zero attached hydrogens (tertiary/aromatic N) is 2. The van der Waals surface area contributed by atoms with Crippen LogP contribution in [-0.4, -0.2) is 53.9 Å². The Kier molecular flexibility index (Phi) is 7.13. The Morgan fingerprint density at radius 3 is 2.69 bits per heavy atom. The van der Waals surface area contributed by atoms with E-state index in [4.69, 9.17) is 9.26 Å². The van der Waals surface area contributed by atoms with Crippen LogP contribution in [0, 0.1) is 13.8 Å². The van der Waals surface area contributed by atoms with Gasteiger partial charge in [0.25, 0.3) is 17.1 Å². The fourth-order valence-corrected chi connectivity index (χ4v) is 3.85. The van der Waals surface area contributed by atoms with E-state index in [1.165, 1.54) is 31.4 Å². The van der Waals surface area contributed by atoms with Crippen molar-refractivity contribution in [1.82, 2.24) is 15.4 Å². The number of halogens is 2. The third-order valence-electron chi connectivity index (χ3n) is 4.46. The number of aryl methyl sites for hydroxylation is 2. The van der Waals surface area contributed by atoms with Crippen LogP contribution in [0.4, 0.5) is 13.6 Å². The highest BCUT2D eigenvalue weighted by molar-refractivity contribution is 8.18. The van der Waals surface area contributed by atoms with Gasteiger partial charge in [-0.25, -0.2) is 0 Å². The van der Waals surface area contributed by atoms with Crippen LogP contribution in [0.25, 0.3) is 6.08 Å². The fourth-order valence-electron chi connectivity index (χ4n) is 2.99. The Morgan fingerprint density at radius 1 is 1.31 bits per heavy atom. The Balaban J connectivity index is 1.65. The lowest BCUT2D eigenvalue weighted by atomic mass is 10.2. The largest absolute Gasteiger partial charge is 0.493 e. The summed E-state index contributed by atoms with van der Waals surface area (Å²) < 4.78 is 39.3. The van der Waals surface area contributed by atoms with E-state index in [-0.39, 0.29) is 29.5 Å². The van der Waals surface area contributed by atoms with E-state index in [0.29, 0.717) is 22.6 Å². The number of carbonyl (C=O) groups is 3. The SMILES string of the molecule is COc1cc(/C=C2\SC(=O)N(CCNC(=O)c3c(C)noc3C)C2=O)ccc1OC(F)F. The van der Waals surface area contributed by atoms with Gasteiger partial charge in [0.1, 0.15) is 11.3 Å². The molecule has 0 atom stereocenters. The summed E-state index contributed by atoms with van der Waals surface area (Å²) in [5, 5.41) is 5.85. The van der Waals surface area contributed by atoms with Gasteiger partial charge in [0.15, 0.2) is 11.5 Å². The molecule has 3 amide bonds. The maximum Gasteiger partial charge on any atom is 0.387 e. The number of carbonyl (C=O) groups excluding carboxylic acids is 3. The molecule has 0 spiro atoms. The van der Waals surface area contributed by atoms with Gasteiger partial charge in [-0.15, -0.1) is 0 Å². The molecule has 1 aromatic heterocycles. The van der Waals surface area contributed by atoms with Crippen molar-refractivity contribution in [2.45, 2.75) is 20.5 Å². The molecule has 3 rings (SSSR count). The summed E-state index contributed by atoms with van der Waals surface area (Å²) in [7, 11) is 1.29. The molecule has 32 heavy (non-hydrogen) atoms. The molecule has 9 nitrogen and oxygen atoms in total. The molecule has 0 saturated carbocycles. The number of rotatable bonds is 8. The quantitative estimate of drug-likeness (QED) is 0.589. The first-order valence-corrected chi connectivity index (χ1v) is 10.1. The molecule has 2 heterocycles. The minimum absolute atomic E-state index is 0.0262. The van der Waals surface area contributed by atoms with Gasteiger partial charge >= 0.3 is 6.61 Å². The number of benzene rings is 1. The Labute approximate surface area is 185 Å². The average Bonchev–Trinajstić information content (AvgIpc) is 3.21. The van der Waals surface area contributed by atoms with Gasteiger partial charge in [0, 0.05) is 13.1 Å². The highest BCUT2D eigenvalue weighted by atomic mass is 32.2. The van der Waals surface area contributed by atoms with Crippen LogP contribution in [-0.2, 0) is 4.79 Å². The standard InChI is InChI=1S/C20H19F2N3O6S/c1-10-16(11(2)31-24-10)17(26)23-6-7-25-18(27)15(32-20(25)28)9-12-4-5-13(30-19(21)22)14(8-12)29-3/h4-5,8-9,19H,6-7H2,1-3H3,(H,23,26)/b15-9-. The lowest BCUT2D eigenvalue weighted by molar-refractivity contribution is -0.122. The predicted octanol–water partition coefficient (Wildman–Crippen LogP) is 3.37. The zero-order chi connectivity index (χ0) is 23.4. The maximum absolute atomic E-state index is 12.6. The van der Waals surface area contributed by atoms with Crippen molar-refractivity contribution < 1.29 is 37.2 Å². The first-order chi connectivity index (χ1) is 15.2. The number of methoxy groups -OCH3 is 1. The van der Waals surface area contributed by atoms with Gasteiger partial charge in [0.05, 0.1) is 17.7 Å². The van der Waals surface area contributed by atoms with Crippen LogP contribution in [0.3, 0.4) is 0 Å². The van der Waals surface area contributed by atoms with Crippen LogP contribution >= 0.6 is 11.8 Å². The van der Waals surface area contributed by atoms with Gasteiger partial charge in [-0.3, -0.25) is 19.3 Å². The normalized spacial score (nSPS) is 15.1. The summed E-state index contributed by atoms with van der Waals surface area (Å²) in [5.74, 6) is -0.669. The molecule has 1 saturated heterocycles. The van der Waals surface area contributed by atoms with Crippen LogP contribution in [0.15, 0.2) is 27.6 Å². The first-order valence-electron chi connectivity index (χ1n) is 9.30. The van der Waals surface area contributed by atoms with Gasteiger partial charge in [-0.1, -0.05) is 11.2 Å². The van der Waals surface area contributed by atoms with Gasteiger partial charge < -0.3 is 19.3 Å². The molecule has 12 heteroatoms. The van der Waals surface area contributed by atoms with Crippen molar-refractivity contribution in [3.8, 4) is 11.5 Å². The first kappa shape index (κ1) is 23.3. The van der Waals surface area contributed by atoms with Crippen LogP contribution in [0.5, 0.6) is 11.5 Å². The number of hydrogen-bond acceptors (Lipinski definition) is 8. The van der Waals surface area contributed by atoms with E-state index in [1.807, 2.05) is 0 Å². The van der Waals surface area contributed by atoms with E-state index in [0.717, 1.165) is 16.7 Å². The molecule has 2 aromatic rings. The van der Waals surface area contributed by atoms with E-state index in [1.54, 1.807) is 13.8 Å². The summed E-state index contributed by atoms with van der Waals surface area (Å²) in [6.45, 7) is 0.248. The summed E-state index contributed by atoms with van der Waals surface area (Å²) in [5.41, 5.74) is 1.21. The minimum atomic E-state index is -3.01. The third-order valence-corrected chi connectivity index (χ3v) is 5.36. The molecule has 0 unspecified atom stereocenters. The van der Waals surface area contributed by atoms with Gasteiger partial charge in [-0.05, 0) is 49.4 Å². The number of ether oxygens (including phenoxy) is 2. The van der Waals surface area contributed by atoms with E-state index in [2.05, 4.69) is 15.2 Å². The molecule has 1 fully saturated rings. The lowest BCUT2D eigenvalue weighted by Gasteiger charge is -2.13. The number of thioether (sulfide) groups is 1. The third kappa shape index (κ3) is 5.07. The lowest BCUT2D eigenvalue weighted by Crippen LogP contribution is -2.37. The summed E-state index contributed by atoms with van der Waals surface area (Å²) in [6.07, 6.45) is 1.45. The second-order valence-corrected chi connectivity index (χ2v) is 7.57. The predicted molar refractivity (Wildman–Crippen MR) is 111 cm³/mol. The van der Waals surface area contributed by atoms with Crippen molar-refractivity contribution >= 4 is 34.9 Å². The van der Waals surface area contributed by atoms with Crippen molar-refractivity contribution in [1.29, 1.82) is 0 Å². The van der Waals surface area contributed by atoms with Gasteiger partial charge in [-0.2, -0.15) is 8.78 Å². The number of nitrogens with one attached hydrogen (secondary N) is 1. The van der Waals surface area contributed by atoms with E-state index < -0.39 is 23.7 Å². The number of amides is 3. The Bertz CT molecular complexity index is 1070. The zero-order valence-corrected chi connectivity index (χ0v) is 18.1. The molecule has 1 aliphatic rings. The smallest absolute Gasteiger partial charge is 0.387 e. The molecule has 0 aliphatic carbocycles. The number of imide groups is 1. The van der Waals surface area contributed by atoms with Crippen LogP contribution in [0.2, 0.25) is 0 Å². The van der Waals surface area contributed by atoms with Crippen molar-refractivity contribution in [2.24, 2.45) is 0 Å². The Morgan fingerprint density at radius 2 is 2.06 bits per heavy atom. The highest BCUT2D eigenvalue weighted by Gasteiger charge is 2.34. The number of hydrogen-bond donors (Lipinski definition) is 1. The number of aromatic nitrogens is 1. The fraction of sp³-hybridized carbons (Fsp3) is 0.300. The topological polar surface area (TPSA) is 111 Å². The zero-order valence-electron chi connectivity index (χ0n) is 17.3. The molecule has 1 aliphatic heterocycles. The molecule has 1 aromatic carbocycles. The van der Waals surface area contributed by atoms with Crippen LogP contribution < -0.4 is 14.8 Å². The van der Waals surface area contributed by atoms with Crippen molar-refractivity contribution in [2.75, 3.05) is 20.2 Å². The minimum Gasteiger partial charge on any atom is -0.493 e. The van der Waals surface area contributed by atoms with E-state index in [9.17, 15) is 23.2 Å². The summed E-state index contributed by atoms with van der Waals surface area (Å²) >= 11 is 0.735. The Hall–Kier alpha value is -3.41. The molecule has 1 N–H and O–H groups in total. The highest BCUT2D eigenvalue weighted by Crippen LogP contribution is 2.34. The van der Waals surface area contributed by atoms with Gasteiger partial charge in [0.2, 0.25) is 0 Å². The van der Waals surface area contributed by atoms with Crippen molar-refractivity contribution in [3.05, 3.63) is 45.7 Å². The monoisotopic (exact) mass is 467 g/mol. The summed E-state index contributed by atoms with van der Waals surface area (Å²) in [4.78, 5) is 38.3.